The lowest BCUT2D eigenvalue weighted by Crippen LogP contribution is -2.17. The van der Waals surface area contributed by atoms with Gasteiger partial charge in [0.05, 0.1) is 11.0 Å². The number of ether oxygens (including phenoxy) is 2. The Bertz CT molecular complexity index is 458. The molecular weight excluding hydrogens is 260 g/mol. The van der Waals surface area contributed by atoms with Crippen LogP contribution < -0.4 is 10.1 Å². The zero-order valence-electron chi connectivity index (χ0n) is 11.6. The first-order valence-electron chi connectivity index (χ1n) is 6.93. The van der Waals surface area contributed by atoms with Crippen molar-refractivity contribution in [3.8, 4) is 5.75 Å². The molecule has 1 aromatic carbocycles. The number of nitrogens with zero attached hydrogens (tertiary/aromatic N) is 1. The molecule has 0 radical (unpaired) electrons. The third-order valence-corrected chi connectivity index (χ3v) is 3.25. The van der Waals surface area contributed by atoms with Gasteiger partial charge in [-0.25, -0.2) is 0 Å². The lowest BCUT2D eigenvalue weighted by molar-refractivity contribution is -0.385. The van der Waals surface area contributed by atoms with E-state index in [2.05, 4.69) is 5.32 Å². The summed E-state index contributed by atoms with van der Waals surface area (Å²) < 4.78 is 11.1. The van der Waals surface area contributed by atoms with Crippen LogP contribution in [-0.4, -0.2) is 30.8 Å². The van der Waals surface area contributed by atoms with E-state index in [0.29, 0.717) is 18.9 Å². The molecule has 0 saturated carbocycles. The fourth-order valence-electron chi connectivity index (χ4n) is 2.16. The first-order chi connectivity index (χ1) is 9.70. The molecule has 1 saturated heterocycles. The Morgan fingerprint density at radius 1 is 1.55 bits per heavy atom. The van der Waals surface area contributed by atoms with E-state index in [1.165, 1.54) is 6.07 Å². The van der Waals surface area contributed by atoms with Gasteiger partial charge in [-0.15, -0.1) is 0 Å². The van der Waals surface area contributed by atoms with Gasteiger partial charge in [0.1, 0.15) is 6.61 Å². The van der Waals surface area contributed by atoms with Crippen molar-refractivity contribution in [3.05, 3.63) is 33.9 Å². The molecule has 110 valence electrons. The highest BCUT2D eigenvalue weighted by atomic mass is 16.6. The Kier molecular flexibility index (Phi) is 5.31. The largest absolute Gasteiger partial charge is 0.484 e. The third kappa shape index (κ3) is 3.91. The molecule has 1 unspecified atom stereocenters. The molecule has 0 aliphatic carbocycles. The average Bonchev–Trinajstić information content (AvgIpc) is 2.96. The van der Waals surface area contributed by atoms with Crippen LogP contribution in [0.15, 0.2) is 18.2 Å². The molecule has 0 amide bonds. The number of nitro groups is 1. The number of rotatable bonds is 7. The number of nitro benzene ring substituents is 1. The van der Waals surface area contributed by atoms with Gasteiger partial charge in [0, 0.05) is 19.2 Å². The predicted molar refractivity (Wildman–Crippen MR) is 74.9 cm³/mol. The van der Waals surface area contributed by atoms with Crippen LogP contribution in [0.4, 0.5) is 5.69 Å². The van der Waals surface area contributed by atoms with E-state index in [1.807, 2.05) is 6.92 Å². The fraction of sp³-hybridized carbons (Fsp3) is 0.571. The minimum Gasteiger partial charge on any atom is -0.484 e. The second kappa shape index (κ2) is 7.21. The van der Waals surface area contributed by atoms with Crippen molar-refractivity contribution in [1.29, 1.82) is 0 Å². The SMILES string of the molecule is CCNCc1ccc([N+](=O)[O-])c(OCC2CCCO2)c1. The van der Waals surface area contributed by atoms with E-state index in [0.717, 1.165) is 31.6 Å². The summed E-state index contributed by atoms with van der Waals surface area (Å²) in [5.74, 6) is 0.320. The molecule has 1 aliphatic heterocycles. The van der Waals surface area contributed by atoms with Crippen LogP contribution in [0.1, 0.15) is 25.3 Å². The van der Waals surface area contributed by atoms with Gasteiger partial charge >= 0.3 is 5.69 Å². The van der Waals surface area contributed by atoms with Gasteiger partial charge in [0.2, 0.25) is 0 Å². The smallest absolute Gasteiger partial charge is 0.310 e. The van der Waals surface area contributed by atoms with Crippen molar-refractivity contribution in [2.45, 2.75) is 32.4 Å². The van der Waals surface area contributed by atoms with E-state index >= 15 is 0 Å². The lowest BCUT2D eigenvalue weighted by Gasteiger charge is -2.12. The maximum Gasteiger partial charge on any atom is 0.310 e. The molecule has 1 aliphatic rings. The molecule has 1 fully saturated rings. The molecular formula is C14H20N2O4. The lowest BCUT2D eigenvalue weighted by atomic mass is 10.2. The van der Waals surface area contributed by atoms with Crippen molar-refractivity contribution < 1.29 is 14.4 Å². The first kappa shape index (κ1) is 14.7. The molecule has 0 bridgehead atoms. The second-order valence-electron chi connectivity index (χ2n) is 4.79. The minimum absolute atomic E-state index is 0.00301. The Morgan fingerprint density at radius 3 is 3.05 bits per heavy atom. The van der Waals surface area contributed by atoms with Gasteiger partial charge in [0.25, 0.3) is 0 Å². The average molecular weight is 280 g/mol. The maximum atomic E-state index is 11.0. The molecule has 1 N–H and O–H groups in total. The highest BCUT2D eigenvalue weighted by Gasteiger charge is 2.20. The van der Waals surface area contributed by atoms with Gasteiger partial charge in [0.15, 0.2) is 5.75 Å². The van der Waals surface area contributed by atoms with Crippen molar-refractivity contribution in [2.75, 3.05) is 19.8 Å². The molecule has 0 spiro atoms. The number of hydrogen-bond acceptors (Lipinski definition) is 5. The summed E-state index contributed by atoms with van der Waals surface area (Å²) in [6, 6.07) is 4.98. The monoisotopic (exact) mass is 280 g/mol. The van der Waals surface area contributed by atoms with E-state index in [1.54, 1.807) is 12.1 Å². The summed E-state index contributed by atoms with van der Waals surface area (Å²) in [5.41, 5.74) is 0.975. The standard InChI is InChI=1S/C14H20N2O4/c1-2-15-9-11-5-6-13(16(17)18)14(8-11)20-10-12-4-3-7-19-12/h5-6,8,12,15H,2-4,7,9-10H2,1H3. The normalized spacial score (nSPS) is 18.1. The van der Waals surface area contributed by atoms with Gasteiger partial charge in [-0.05, 0) is 31.0 Å². The van der Waals surface area contributed by atoms with Crippen molar-refractivity contribution in [2.24, 2.45) is 0 Å². The van der Waals surface area contributed by atoms with Crippen LogP contribution in [0.5, 0.6) is 5.75 Å². The molecule has 6 heteroatoms. The van der Waals surface area contributed by atoms with E-state index in [-0.39, 0.29) is 11.8 Å². The van der Waals surface area contributed by atoms with Crippen LogP contribution >= 0.6 is 0 Å². The first-order valence-corrected chi connectivity index (χ1v) is 6.93. The topological polar surface area (TPSA) is 73.6 Å². The molecule has 0 aromatic heterocycles. The zero-order valence-corrected chi connectivity index (χ0v) is 11.6. The van der Waals surface area contributed by atoms with Crippen LogP contribution in [0, 0.1) is 10.1 Å². The van der Waals surface area contributed by atoms with Crippen LogP contribution in [-0.2, 0) is 11.3 Å². The highest BCUT2D eigenvalue weighted by molar-refractivity contribution is 5.48. The van der Waals surface area contributed by atoms with Crippen LogP contribution in [0.2, 0.25) is 0 Å². The number of hydrogen-bond donors (Lipinski definition) is 1. The van der Waals surface area contributed by atoms with Gasteiger partial charge < -0.3 is 14.8 Å². The minimum atomic E-state index is -0.415. The summed E-state index contributed by atoms with van der Waals surface area (Å²) >= 11 is 0. The predicted octanol–water partition coefficient (Wildman–Crippen LogP) is 2.26. The Labute approximate surface area is 118 Å². The summed E-state index contributed by atoms with van der Waals surface area (Å²) in [7, 11) is 0. The molecule has 1 atom stereocenters. The quantitative estimate of drug-likeness (QED) is 0.612. The maximum absolute atomic E-state index is 11.0. The number of nitrogens with one attached hydrogen (secondary N) is 1. The van der Waals surface area contributed by atoms with E-state index in [9.17, 15) is 10.1 Å². The Morgan fingerprint density at radius 2 is 2.40 bits per heavy atom. The summed E-state index contributed by atoms with van der Waals surface area (Å²) in [6.07, 6.45) is 2.02. The van der Waals surface area contributed by atoms with Crippen molar-refractivity contribution in [1.82, 2.24) is 5.32 Å². The second-order valence-corrected chi connectivity index (χ2v) is 4.79. The summed E-state index contributed by atoms with van der Waals surface area (Å²) in [5, 5.41) is 14.2. The molecule has 20 heavy (non-hydrogen) atoms. The van der Waals surface area contributed by atoms with Gasteiger partial charge in [-0.3, -0.25) is 10.1 Å². The Hall–Kier alpha value is -1.66. The summed E-state index contributed by atoms with van der Waals surface area (Å²) in [6.45, 7) is 4.65. The van der Waals surface area contributed by atoms with Gasteiger partial charge in [-0.1, -0.05) is 13.0 Å². The fourth-order valence-corrected chi connectivity index (χ4v) is 2.16. The van der Waals surface area contributed by atoms with E-state index in [4.69, 9.17) is 9.47 Å². The van der Waals surface area contributed by atoms with Crippen LogP contribution in [0.3, 0.4) is 0 Å². The molecule has 2 rings (SSSR count). The van der Waals surface area contributed by atoms with E-state index < -0.39 is 4.92 Å². The molecule has 1 heterocycles. The van der Waals surface area contributed by atoms with Crippen molar-refractivity contribution >= 4 is 5.69 Å². The zero-order chi connectivity index (χ0) is 14.4. The summed E-state index contributed by atoms with van der Waals surface area (Å²) in [4.78, 5) is 10.6. The Balaban J connectivity index is 2.06. The highest BCUT2D eigenvalue weighted by Crippen LogP contribution is 2.28. The number of benzene rings is 1. The molecule has 1 aromatic rings. The molecule has 6 nitrogen and oxygen atoms in total. The van der Waals surface area contributed by atoms with Crippen molar-refractivity contribution in [3.63, 3.8) is 0 Å². The van der Waals surface area contributed by atoms with Gasteiger partial charge in [-0.2, -0.15) is 0 Å². The third-order valence-electron chi connectivity index (χ3n) is 3.25. The van der Waals surface area contributed by atoms with Crippen LogP contribution in [0.25, 0.3) is 0 Å².